The third-order valence-electron chi connectivity index (χ3n) is 3.23. The lowest BCUT2D eigenvalue weighted by molar-refractivity contribution is -0.118. The highest BCUT2D eigenvalue weighted by Gasteiger charge is 2.12. The number of hydrogen-bond acceptors (Lipinski definition) is 2. The van der Waals surface area contributed by atoms with Gasteiger partial charge in [-0.1, -0.05) is 36.4 Å². The molecule has 110 valence electrons. The number of nitrogens with zero attached hydrogens (tertiary/aromatic N) is 1. The molecule has 3 nitrogen and oxygen atoms in total. The third kappa shape index (κ3) is 4.63. The highest BCUT2D eigenvalue weighted by molar-refractivity contribution is 5.93. The number of para-hydroxylation sites is 2. The Kier molecular flexibility index (Phi) is 5.83. The number of carbonyl (C=O) groups excluding carboxylic acids is 1. The fraction of sp³-hybridized carbons (Fsp3) is 0.278. The van der Waals surface area contributed by atoms with Crippen molar-refractivity contribution in [2.45, 2.75) is 19.8 Å². The van der Waals surface area contributed by atoms with Crippen molar-refractivity contribution >= 4 is 11.6 Å². The van der Waals surface area contributed by atoms with Crippen LogP contribution in [-0.2, 0) is 4.79 Å². The Balaban J connectivity index is 1.78. The van der Waals surface area contributed by atoms with Gasteiger partial charge in [-0.3, -0.25) is 4.79 Å². The van der Waals surface area contributed by atoms with E-state index < -0.39 is 0 Å². The van der Waals surface area contributed by atoms with E-state index in [1.165, 1.54) is 0 Å². The van der Waals surface area contributed by atoms with Crippen molar-refractivity contribution in [1.29, 1.82) is 0 Å². The van der Waals surface area contributed by atoms with E-state index in [-0.39, 0.29) is 5.91 Å². The van der Waals surface area contributed by atoms with Gasteiger partial charge < -0.3 is 9.64 Å². The molecule has 2 aromatic carbocycles. The number of anilines is 1. The Morgan fingerprint density at radius 2 is 1.62 bits per heavy atom. The highest BCUT2D eigenvalue weighted by Crippen LogP contribution is 2.15. The van der Waals surface area contributed by atoms with Crippen LogP contribution in [0.25, 0.3) is 0 Å². The molecule has 0 aliphatic rings. The largest absolute Gasteiger partial charge is 0.494 e. The van der Waals surface area contributed by atoms with Crippen molar-refractivity contribution < 1.29 is 9.53 Å². The zero-order chi connectivity index (χ0) is 14.9. The van der Waals surface area contributed by atoms with Crippen LogP contribution >= 0.6 is 0 Å². The van der Waals surface area contributed by atoms with Crippen molar-refractivity contribution in [2.75, 3.05) is 18.1 Å². The molecule has 0 aliphatic heterocycles. The molecule has 0 saturated carbocycles. The summed E-state index contributed by atoms with van der Waals surface area (Å²) in [6, 6.07) is 19.4. The van der Waals surface area contributed by atoms with Gasteiger partial charge in [-0.05, 0) is 37.6 Å². The van der Waals surface area contributed by atoms with E-state index in [2.05, 4.69) is 0 Å². The molecule has 0 aromatic heterocycles. The quantitative estimate of drug-likeness (QED) is 0.721. The highest BCUT2D eigenvalue weighted by atomic mass is 16.5. The second kappa shape index (κ2) is 8.10. The maximum absolute atomic E-state index is 12.3. The van der Waals surface area contributed by atoms with Crippen molar-refractivity contribution in [1.82, 2.24) is 0 Å². The first-order chi connectivity index (χ1) is 10.3. The molecule has 2 aromatic rings. The number of rotatable bonds is 7. The van der Waals surface area contributed by atoms with Crippen molar-refractivity contribution in [3.8, 4) is 5.75 Å². The molecule has 0 atom stereocenters. The number of carbonyl (C=O) groups is 1. The minimum absolute atomic E-state index is 0.139. The minimum atomic E-state index is 0.139. The topological polar surface area (TPSA) is 29.5 Å². The molecule has 0 bridgehead atoms. The van der Waals surface area contributed by atoms with Gasteiger partial charge in [-0.25, -0.2) is 0 Å². The predicted octanol–water partition coefficient (Wildman–Crippen LogP) is 3.90. The number of benzene rings is 2. The number of amides is 1. The van der Waals surface area contributed by atoms with E-state index in [0.717, 1.165) is 17.9 Å². The molecular weight excluding hydrogens is 262 g/mol. The Hall–Kier alpha value is -2.29. The maximum atomic E-state index is 12.3. The van der Waals surface area contributed by atoms with E-state index in [1.807, 2.05) is 72.5 Å². The van der Waals surface area contributed by atoms with Crippen LogP contribution in [0.3, 0.4) is 0 Å². The van der Waals surface area contributed by atoms with Crippen LogP contribution in [0, 0.1) is 0 Å². The van der Waals surface area contributed by atoms with Crippen molar-refractivity contribution in [3.05, 3.63) is 60.7 Å². The van der Waals surface area contributed by atoms with Gasteiger partial charge in [-0.2, -0.15) is 0 Å². The molecule has 0 unspecified atom stereocenters. The number of ether oxygens (including phenoxy) is 1. The fourth-order valence-corrected chi connectivity index (χ4v) is 2.18. The van der Waals surface area contributed by atoms with Gasteiger partial charge in [0.1, 0.15) is 5.75 Å². The summed E-state index contributed by atoms with van der Waals surface area (Å²) in [4.78, 5) is 14.1. The molecule has 0 heterocycles. The van der Waals surface area contributed by atoms with E-state index in [4.69, 9.17) is 4.74 Å². The summed E-state index contributed by atoms with van der Waals surface area (Å²) in [5.41, 5.74) is 0.953. The van der Waals surface area contributed by atoms with Gasteiger partial charge in [-0.15, -0.1) is 0 Å². The first kappa shape index (κ1) is 15.1. The molecule has 0 aliphatic carbocycles. The van der Waals surface area contributed by atoms with Crippen molar-refractivity contribution in [2.24, 2.45) is 0 Å². The zero-order valence-electron chi connectivity index (χ0n) is 12.4. The first-order valence-corrected chi connectivity index (χ1v) is 7.34. The molecule has 0 spiro atoms. The van der Waals surface area contributed by atoms with Gasteiger partial charge >= 0.3 is 0 Å². The van der Waals surface area contributed by atoms with Crippen LogP contribution < -0.4 is 9.64 Å². The summed E-state index contributed by atoms with van der Waals surface area (Å²) in [6.45, 7) is 3.23. The molecule has 0 radical (unpaired) electrons. The number of hydrogen-bond donors (Lipinski definition) is 0. The SMILES string of the molecule is CCN(C(=O)CCCOc1ccccc1)c1ccccc1. The van der Waals surface area contributed by atoms with Gasteiger partial charge in [0, 0.05) is 18.7 Å². The summed E-state index contributed by atoms with van der Waals surface area (Å²) in [5.74, 6) is 0.987. The Morgan fingerprint density at radius 1 is 1.00 bits per heavy atom. The van der Waals surface area contributed by atoms with Gasteiger partial charge in [0.15, 0.2) is 0 Å². The van der Waals surface area contributed by atoms with Gasteiger partial charge in [0.05, 0.1) is 6.61 Å². The van der Waals surface area contributed by atoms with Crippen LogP contribution in [0.1, 0.15) is 19.8 Å². The monoisotopic (exact) mass is 283 g/mol. The van der Waals surface area contributed by atoms with E-state index in [9.17, 15) is 4.79 Å². The molecule has 2 rings (SSSR count). The molecule has 3 heteroatoms. The lowest BCUT2D eigenvalue weighted by Crippen LogP contribution is -2.30. The summed E-state index contributed by atoms with van der Waals surface area (Å²) in [5, 5.41) is 0. The van der Waals surface area contributed by atoms with Gasteiger partial charge in [0.25, 0.3) is 0 Å². The second-order valence-corrected chi connectivity index (χ2v) is 4.74. The molecule has 21 heavy (non-hydrogen) atoms. The lowest BCUT2D eigenvalue weighted by atomic mass is 10.2. The first-order valence-electron chi connectivity index (χ1n) is 7.34. The van der Waals surface area contributed by atoms with E-state index >= 15 is 0 Å². The Labute approximate surface area is 126 Å². The minimum Gasteiger partial charge on any atom is -0.494 e. The Morgan fingerprint density at radius 3 is 2.24 bits per heavy atom. The normalized spacial score (nSPS) is 10.1. The van der Waals surface area contributed by atoms with Crippen LogP contribution in [0.5, 0.6) is 5.75 Å². The van der Waals surface area contributed by atoms with E-state index in [1.54, 1.807) is 0 Å². The summed E-state index contributed by atoms with van der Waals surface area (Å²) < 4.78 is 5.60. The second-order valence-electron chi connectivity index (χ2n) is 4.74. The van der Waals surface area contributed by atoms with Gasteiger partial charge in [0.2, 0.25) is 5.91 Å². The molecular formula is C18H21NO2. The van der Waals surface area contributed by atoms with Crippen LogP contribution in [0.4, 0.5) is 5.69 Å². The fourth-order valence-electron chi connectivity index (χ4n) is 2.18. The van der Waals surface area contributed by atoms with E-state index in [0.29, 0.717) is 19.6 Å². The summed E-state index contributed by atoms with van der Waals surface area (Å²) in [7, 11) is 0. The summed E-state index contributed by atoms with van der Waals surface area (Å²) in [6.07, 6.45) is 1.21. The summed E-state index contributed by atoms with van der Waals surface area (Å²) >= 11 is 0. The molecule has 0 saturated heterocycles. The van der Waals surface area contributed by atoms with Crippen LogP contribution in [0.2, 0.25) is 0 Å². The standard InChI is InChI=1S/C18H21NO2/c1-2-19(16-10-5-3-6-11-16)18(20)14-9-15-21-17-12-7-4-8-13-17/h3-8,10-13H,2,9,14-15H2,1H3. The predicted molar refractivity (Wildman–Crippen MR) is 85.6 cm³/mol. The average molecular weight is 283 g/mol. The van der Waals surface area contributed by atoms with Crippen LogP contribution in [0.15, 0.2) is 60.7 Å². The third-order valence-corrected chi connectivity index (χ3v) is 3.23. The maximum Gasteiger partial charge on any atom is 0.227 e. The smallest absolute Gasteiger partial charge is 0.227 e. The zero-order valence-corrected chi connectivity index (χ0v) is 12.4. The van der Waals surface area contributed by atoms with Crippen molar-refractivity contribution in [3.63, 3.8) is 0 Å². The Bertz CT molecular complexity index is 540. The average Bonchev–Trinajstić information content (AvgIpc) is 2.54. The molecule has 1 amide bonds. The van der Waals surface area contributed by atoms with Crippen LogP contribution in [-0.4, -0.2) is 19.1 Å². The molecule has 0 fully saturated rings. The lowest BCUT2D eigenvalue weighted by Gasteiger charge is -2.21. The molecule has 0 N–H and O–H groups in total.